The fourth-order valence-corrected chi connectivity index (χ4v) is 4.34. The van der Waals surface area contributed by atoms with E-state index in [-0.39, 0.29) is 29.8 Å². The molecule has 1 aliphatic carbocycles. The smallest absolute Gasteiger partial charge is 0.408 e. The average molecular weight is 488 g/mol. The molecule has 1 aromatic carbocycles. The van der Waals surface area contributed by atoms with Crippen molar-refractivity contribution in [2.24, 2.45) is 5.92 Å². The summed E-state index contributed by atoms with van der Waals surface area (Å²) < 4.78 is 5.46. The van der Waals surface area contributed by atoms with Crippen LogP contribution in [0.4, 0.5) is 4.79 Å². The molecule has 196 valence electrons. The highest BCUT2D eigenvalue weighted by atomic mass is 16.6. The van der Waals surface area contributed by atoms with Gasteiger partial charge in [0.25, 0.3) is 0 Å². The van der Waals surface area contributed by atoms with Crippen LogP contribution in [0.1, 0.15) is 96.9 Å². The number of aryl methyl sites for hydroxylation is 2. The van der Waals surface area contributed by atoms with E-state index in [0.29, 0.717) is 6.42 Å². The molecule has 2 unspecified atom stereocenters. The fourth-order valence-electron chi connectivity index (χ4n) is 4.34. The Hall–Kier alpha value is -2.57. The number of hydrogen-bond acceptors (Lipinski definition) is 4. The first-order valence-corrected chi connectivity index (χ1v) is 12.9. The van der Waals surface area contributed by atoms with Crippen LogP contribution in [0.25, 0.3) is 0 Å². The van der Waals surface area contributed by atoms with Gasteiger partial charge in [0, 0.05) is 12.1 Å². The van der Waals surface area contributed by atoms with Gasteiger partial charge in [0.1, 0.15) is 17.7 Å². The van der Waals surface area contributed by atoms with Gasteiger partial charge in [-0.2, -0.15) is 0 Å². The van der Waals surface area contributed by atoms with Crippen LogP contribution in [-0.4, -0.2) is 46.5 Å². The number of carbonyl (C=O) groups is 3. The van der Waals surface area contributed by atoms with Crippen molar-refractivity contribution in [3.63, 3.8) is 0 Å². The molecule has 0 heterocycles. The van der Waals surface area contributed by atoms with E-state index in [1.165, 1.54) is 0 Å². The highest BCUT2D eigenvalue weighted by molar-refractivity contribution is 5.92. The third-order valence-corrected chi connectivity index (χ3v) is 6.11. The van der Waals surface area contributed by atoms with E-state index in [2.05, 4.69) is 10.6 Å². The van der Waals surface area contributed by atoms with Crippen LogP contribution in [0.2, 0.25) is 0 Å². The summed E-state index contributed by atoms with van der Waals surface area (Å²) >= 11 is 0. The molecule has 1 fully saturated rings. The molecule has 3 amide bonds. The van der Waals surface area contributed by atoms with Crippen molar-refractivity contribution >= 4 is 17.9 Å². The molecule has 0 bridgehead atoms. The molecule has 0 spiro atoms. The molecule has 0 aromatic heterocycles. The predicted octanol–water partition coefficient (Wildman–Crippen LogP) is 5.19. The number of benzene rings is 1. The first-order valence-electron chi connectivity index (χ1n) is 12.9. The molecule has 2 N–H and O–H groups in total. The van der Waals surface area contributed by atoms with Gasteiger partial charge in [0.2, 0.25) is 11.8 Å². The number of alkyl carbamates (subject to hydrolysis) is 1. The van der Waals surface area contributed by atoms with Gasteiger partial charge in [-0.15, -0.1) is 0 Å². The quantitative estimate of drug-likeness (QED) is 0.502. The first-order chi connectivity index (χ1) is 16.2. The summed E-state index contributed by atoms with van der Waals surface area (Å²) in [5.74, 6) is -0.278. The third kappa shape index (κ3) is 8.25. The number of hydrogen-bond donors (Lipinski definition) is 2. The summed E-state index contributed by atoms with van der Waals surface area (Å²) in [6.07, 6.45) is 2.51. The van der Waals surface area contributed by atoms with E-state index < -0.39 is 23.8 Å². The van der Waals surface area contributed by atoms with Gasteiger partial charge in [-0.3, -0.25) is 9.59 Å². The van der Waals surface area contributed by atoms with Crippen LogP contribution in [0, 0.1) is 19.8 Å². The van der Waals surface area contributed by atoms with Gasteiger partial charge in [-0.1, -0.05) is 37.6 Å². The standard InChI is InChI=1S/C28H45N3O4/c1-17(2)15-23(30-27(34)35-28(7,8)9)26(33)31(21-11-10-12-21)24(25(32)29-18(3)4)22-16-19(5)13-14-20(22)6/h13-14,16-18,21,23-24H,10-12,15H2,1-9H3,(H,29,32)(H,30,34). The Morgan fingerprint density at radius 1 is 1.06 bits per heavy atom. The summed E-state index contributed by atoms with van der Waals surface area (Å²) in [5.41, 5.74) is 2.13. The van der Waals surface area contributed by atoms with Crippen molar-refractivity contribution < 1.29 is 19.1 Å². The lowest BCUT2D eigenvalue weighted by Gasteiger charge is -2.44. The molecule has 0 radical (unpaired) electrons. The van der Waals surface area contributed by atoms with Gasteiger partial charge < -0.3 is 20.3 Å². The van der Waals surface area contributed by atoms with Gasteiger partial charge in [0.15, 0.2) is 0 Å². The molecule has 2 rings (SSSR count). The van der Waals surface area contributed by atoms with Gasteiger partial charge in [0.05, 0.1) is 0 Å². The van der Waals surface area contributed by atoms with E-state index in [1.807, 2.05) is 59.7 Å². The Morgan fingerprint density at radius 3 is 2.17 bits per heavy atom. The molecule has 2 atom stereocenters. The number of nitrogens with one attached hydrogen (secondary N) is 2. The van der Waals surface area contributed by atoms with E-state index in [1.54, 1.807) is 25.7 Å². The van der Waals surface area contributed by atoms with Crippen molar-refractivity contribution in [2.75, 3.05) is 0 Å². The highest BCUT2D eigenvalue weighted by Gasteiger charge is 2.42. The Bertz CT molecular complexity index is 900. The molecule has 35 heavy (non-hydrogen) atoms. The lowest BCUT2D eigenvalue weighted by atomic mass is 9.86. The van der Waals surface area contributed by atoms with Gasteiger partial charge in [-0.25, -0.2) is 4.79 Å². The number of amides is 3. The second-order valence-electron chi connectivity index (χ2n) is 11.6. The Labute approximate surface area is 211 Å². The summed E-state index contributed by atoms with van der Waals surface area (Å²) in [7, 11) is 0. The number of carbonyl (C=O) groups excluding carboxylic acids is 3. The largest absolute Gasteiger partial charge is 0.444 e. The second-order valence-corrected chi connectivity index (χ2v) is 11.6. The van der Waals surface area contributed by atoms with Crippen molar-refractivity contribution in [3.8, 4) is 0 Å². The maximum atomic E-state index is 14.2. The van der Waals surface area contributed by atoms with E-state index >= 15 is 0 Å². The molecule has 1 aromatic rings. The van der Waals surface area contributed by atoms with Crippen LogP contribution < -0.4 is 10.6 Å². The summed E-state index contributed by atoms with van der Waals surface area (Å²) in [4.78, 5) is 42.2. The van der Waals surface area contributed by atoms with Crippen LogP contribution in [-0.2, 0) is 14.3 Å². The van der Waals surface area contributed by atoms with Gasteiger partial charge >= 0.3 is 6.09 Å². The summed E-state index contributed by atoms with van der Waals surface area (Å²) in [6.45, 7) is 17.2. The average Bonchev–Trinajstić information content (AvgIpc) is 2.65. The summed E-state index contributed by atoms with van der Waals surface area (Å²) in [5, 5.41) is 5.85. The maximum absolute atomic E-state index is 14.2. The number of ether oxygens (including phenoxy) is 1. The molecule has 7 nitrogen and oxygen atoms in total. The van der Waals surface area contributed by atoms with Crippen LogP contribution in [0.3, 0.4) is 0 Å². The van der Waals surface area contributed by atoms with Gasteiger partial charge in [-0.05, 0) is 91.2 Å². The fraction of sp³-hybridized carbons (Fsp3) is 0.679. The highest BCUT2D eigenvalue weighted by Crippen LogP contribution is 2.35. The minimum Gasteiger partial charge on any atom is -0.444 e. The zero-order valence-corrected chi connectivity index (χ0v) is 23.0. The van der Waals surface area contributed by atoms with Crippen molar-refractivity contribution in [2.45, 2.75) is 118 Å². The van der Waals surface area contributed by atoms with E-state index in [0.717, 1.165) is 36.0 Å². The lowest BCUT2D eigenvalue weighted by molar-refractivity contribution is -0.148. The minimum absolute atomic E-state index is 0.0552. The monoisotopic (exact) mass is 487 g/mol. The first kappa shape index (κ1) is 28.7. The van der Waals surface area contributed by atoms with Crippen molar-refractivity contribution in [1.82, 2.24) is 15.5 Å². The van der Waals surface area contributed by atoms with Crippen LogP contribution in [0.15, 0.2) is 18.2 Å². The number of nitrogens with zero attached hydrogens (tertiary/aromatic N) is 1. The van der Waals surface area contributed by atoms with Crippen molar-refractivity contribution in [1.29, 1.82) is 0 Å². The molecule has 7 heteroatoms. The topological polar surface area (TPSA) is 87.7 Å². The zero-order chi connectivity index (χ0) is 26.5. The number of rotatable bonds is 9. The SMILES string of the molecule is Cc1ccc(C)c(C(C(=O)NC(C)C)N(C(=O)C(CC(C)C)NC(=O)OC(C)(C)C)C2CCC2)c1. The Morgan fingerprint density at radius 2 is 1.69 bits per heavy atom. The molecule has 1 saturated carbocycles. The molecule has 1 aliphatic rings. The summed E-state index contributed by atoms with van der Waals surface area (Å²) in [6, 6.07) is 4.32. The van der Waals surface area contributed by atoms with Crippen LogP contribution in [0.5, 0.6) is 0 Å². The molecular weight excluding hydrogens is 442 g/mol. The maximum Gasteiger partial charge on any atom is 0.408 e. The second kappa shape index (κ2) is 11.9. The third-order valence-electron chi connectivity index (χ3n) is 6.11. The van der Waals surface area contributed by atoms with E-state index in [4.69, 9.17) is 4.74 Å². The van der Waals surface area contributed by atoms with Crippen molar-refractivity contribution in [3.05, 3.63) is 34.9 Å². The molecular formula is C28H45N3O4. The predicted molar refractivity (Wildman–Crippen MR) is 139 cm³/mol. The Balaban J connectivity index is 2.53. The lowest BCUT2D eigenvalue weighted by Crippen LogP contribution is -2.58. The molecule has 0 saturated heterocycles. The molecule has 0 aliphatic heterocycles. The van der Waals surface area contributed by atoms with E-state index in [9.17, 15) is 14.4 Å². The Kier molecular flexibility index (Phi) is 9.76. The normalized spacial score (nSPS) is 15.9. The minimum atomic E-state index is -0.787. The zero-order valence-electron chi connectivity index (χ0n) is 23.0. The van der Waals surface area contributed by atoms with Crippen LogP contribution >= 0.6 is 0 Å².